The molecule has 0 amide bonds. The van der Waals surface area contributed by atoms with Crippen LogP contribution in [0.15, 0.2) is 18.2 Å². The van der Waals surface area contributed by atoms with Crippen LogP contribution < -0.4 is 10.4 Å². The molecule has 0 aliphatic rings. The first-order chi connectivity index (χ1) is 9.02. The second-order valence-electron chi connectivity index (χ2n) is 4.31. The minimum Gasteiger partial charge on any atom is -0.544 e. The Morgan fingerprint density at radius 2 is 2.16 bits per heavy atom. The number of hydrogen-bond donors (Lipinski definition) is 1. The molecule has 0 spiro atoms. The van der Waals surface area contributed by atoms with Crippen LogP contribution in [0.4, 0.5) is 10.8 Å². The highest BCUT2D eigenvalue weighted by Crippen LogP contribution is 2.29. The number of nitrogens with one attached hydrogen (secondary N) is 1. The first-order valence-corrected chi connectivity index (χ1v) is 6.88. The number of carbonyl (C=O) groups is 1. The van der Waals surface area contributed by atoms with E-state index < -0.39 is 5.97 Å². The summed E-state index contributed by atoms with van der Waals surface area (Å²) in [5.74, 6) is -1.18. The maximum Gasteiger partial charge on any atom is 0.188 e. The second-order valence-corrected chi connectivity index (χ2v) is 5.31. The van der Waals surface area contributed by atoms with Gasteiger partial charge in [-0.15, -0.1) is 0 Å². The van der Waals surface area contributed by atoms with Gasteiger partial charge in [0.1, 0.15) is 0 Å². The molecule has 1 heterocycles. The van der Waals surface area contributed by atoms with Gasteiger partial charge in [0.25, 0.3) is 0 Å². The Bertz CT molecular complexity index is 620. The minimum absolute atomic E-state index is 0.175. The number of anilines is 2. The van der Waals surface area contributed by atoms with Crippen LogP contribution in [-0.2, 0) is 6.42 Å². The van der Waals surface area contributed by atoms with Crippen molar-refractivity contribution in [3.63, 3.8) is 0 Å². The van der Waals surface area contributed by atoms with Crippen molar-refractivity contribution in [1.82, 2.24) is 4.98 Å². The highest BCUT2D eigenvalue weighted by atomic mass is 32.1. The van der Waals surface area contributed by atoms with Gasteiger partial charge >= 0.3 is 0 Å². The van der Waals surface area contributed by atoms with Gasteiger partial charge < -0.3 is 15.2 Å². The number of thiazole rings is 1. The SMILES string of the molecule is CCc1cccc(C)c1Nc1nc(C)c(C(=O)[O-])s1. The van der Waals surface area contributed by atoms with Crippen molar-refractivity contribution >= 4 is 28.1 Å². The molecule has 0 saturated carbocycles. The highest BCUT2D eigenvalue weighted by Gasteiger charge is 2.11. The molecule has 5 heteroatoms. The lowest BCUT2D eigenvalue weighted by Gasteiger charge is -2.11. The number of hydrogen-bond acceptors (Lipinski definition) is 5. The monoisotopic (exact) mass is 275 g/mol. The normalized spacial score (nSPS) is 10.5. The summed E-state index contributed by atoms with van der Waals surface area (Å²) in [4.78, 5) is 15.3. The third kappa shape index (κ3) is 2.76. The van der Waals surface area contributed by atoms with E-state index in [1.54, 1.807) is 6.92 Å². The zero-order valence-corrected chi connectivity index (χ0v) is 11.9. The molecular formula is C14H15N2O2S-. The topological polar surface area (TPSA) is 65.0 Å². The molecule has 0 fully saturated rings. The molecule has 0 unspecified atom stereocenters. The third-order valence-corrected chi connectivity index (χ3v) is 4.01. The minimum atomic E-state index is -1.18. The number of aromatic nitrogens is 1. The van der Waals surface area contributed by atoms with Crippen LogP contribution >= 0.6 is 11.3 Å². The molecule has 0 saturated heterocycles. The third-order valence-electron chi connectivity index (χ3n) is 2.95. The van der Waals surface area contributed by atoms with E-state index >= 15 is 0 Å². The van der Waals surface area contributed by atoms with Gasteiger partial charge in [-0.2, -0.15) is 0 Å². The maximum absolute atomic E-state index is 10.9. The van der Waals surface area contributed by atoms with Crippen LogP contribution in [0.25, 0.3) is 0 Å². The number of aromatic carboxylic acids is 1. The summed E-state index contributed by atoms with van der Waals surface area (Å²) >= 11 is 1.11. The van der Waals surface area contributed by atoms with Crippen molar-refractivity contribution in [2.24, 2.45) is 0 Å². The van der Waals surface area contributed by atoms with Gasteiger partial charge in [0.15, 0.2) is 5.13 Å². The molecule has 4 nitrogen and oxygen atoms in total. The van der Waals surface area contributed by atoms with Crippen molar-refractivity contribution in [2.75, 3.05) is 5.32 Å². The van der Waals surface area contributed by atoms with Gasteiger partial charge in [-0.3, -0.25) is 0 Å². The highest BCUT2D eigenvalue weighted by molar-refractivity contribution is 7.17. The number of aryl methyl sites for hydroxylation is 3. The Morgan fingerprint density at radius 1 is 1.42 bits per heavy atom. The lowest BCUT2D eigenvalue weighted by molar-refractivity contribution is -0.254. The number of rotatable bonds is 4. The van der Waals surface area contributed by atoms with Gasteiger partial charge in [-0.1, -0.05) is 36.5 Å². The smallest absolute Gasteiger partial charge is 0.188 e. The Kier molecular flexibility index (Phi) is 3.85. The second kappa shape index (κ2) is 5.40. The molecule has 0 aliphatic heterocycles. The summed E-state index contributed by atoms with van der Waals surface area (Å²) in [5, 5.41) is 14.7. The van der Waals surface area contributed by atoms with Gasteiger partial charge in [-0.25, -0.2) is 4.98 Å². The molecule has 1 N–H and O–H groups in total. The number of benzene rings is 1. The average Bonchev–Trinajstić information content (AvgIpc) is 2.73. The zero-order chi connectivity index (χ0) is 14.0. The lowest BCUT2D eigenvalue weighted by atomic mass is 10.1. The summed E-state index contributed by atoms with van der Waals surface area (Å²) in [6.45, 7) is 5.77. The molecule has 0 bridgehead atoms. The van der Waals surface area contributed by atoms with Crippen LogP contribution in [0.5, 0.6) is 0 Å². The van der Waals surface area contributed by atoms with E-state index in [1.165, 1.54) is 5.56 Å². The summed E-state index contributed by atoms with van der Waals surface area (Å²) < 4.78 is 0. The standard InChI is InChI=1S/C14H16N2O2S/c1-4-10-7-5-6-8(2)11(10)16-14-15-9(3)12(19-14)13(17)18/h5-7H,4H2,1-3H3,(H,15,16)(H,17,18)/p-1. The number of nitrogens with zero attached hydrogens (tertiary/aromatic N) is 1. The van der Waals surface area contributed by atoms with E-state index in [-0.39, 0.29) is 4.88 Å². The quantitative estimate of drug-likeness (QED) is 0.930. The lowest BCUT2D eigenvalue weighted by Crippen LogP contribution is -2.21. The average molecular weight is 275 g/mol. The van der Waals surface area contributed by atoms with Crippen molar-refractivity contribution in [1.29, 1.82) is 0 Å². The Morgan fingerprint density at radius 3 is 2.74 bits per heavy atom. The van der Waals surface area contributed by atoms with Crippen molar-refractivity contribution in [2.45, 2.75) is 27.2 Å². The van der Waals surface area contributed by atoms with Crippen LogP contribution in [0.2, 0.25) is 0 Å². The van der Waals surface area contributed by atoms with Crippen LogP contribution in [-0.4, -0.2) is 11.0 Å². The summed E-state index contributed by atoms with van der Waals surface area (Å²) in [6, 6.07) is 6.08. The molecule has 0 radical (unpaired) electrons. The fourth-order valence-electron chi connectivity index (χ4n) is 1.95. The van der Waals surface area contributed by atoms with Crippen LogP contribution in [0, 0.1) is 13.8 Å². The number of carboxylic acids is 1. The van der Waals surface area contributed by atoms with E-state index in [0.29, 0.717) is 10.8 Å². The Balaban J connectivity index is 2.36. The van der Waals surface area contributed by atoms with Crippen LogP contribution in [0.3, 0.4) is 0 Å². The van der Waals surface area contributed by atoms with E-state index in [2.05, 4.69) is 23.3 Å². The first-order valence-electron chi connectivity index (χ1n) is 6.07. The van der Waals surface area contributed by atoms with Crippen molar-refractivity contribution in [3.8, 4) is 0 Å². The van der Waals surface area contributed by atoms with E-state index in [0.717, 1.165) is 29.0 Å². The predicted octanol–water partition coefficient (Wildman–Crippen LogP) is 2.43. The number of para-hydroxylation sites is 1. The first kappa shape index (κ1) is 13.5. The van der Waals surface area contributed by atoms with E-state index in [9.17, 15) is 9.90 Å². The molecule has 1 aromatic heterocycles. The summed E-state index contributed by atoms with van der Waals surface area (Å²) in [6.07, 6.45) is 0.904. The fourth-order valence-corrected chi connectivity index (χ4v) is 2.75. The van der Waals surface area contributed by atoms with Crippen molar-refractivity contribution in [3.05, 3.63) is 39.9 Å². The number of carbonyl (C=O) groups excluding carboxylic acids is 1. The summed E-state index contributed by atoms with van der Waals surface area (Å²) in [7, 11) is 0. The van der Waals surface area contributed by atoms with Gasteiger partial charge in [0.05, 0.1) is 16.5 Å². The van der Waals surface area contributed by atoms with E-state index in [4.69, 9.17) is 0 Å². The van der Waals surface area contributed by atoms with Gasteiger partial charge in [0.2, 0.25) is 0 Å². The summed E-state index contributed by atoms with van der Waals surface area (Å²) in [5.41, 5.74) is 3.79. The molecule has 0 atom stereocenters. The fraction of sp³-hybridized carbons (Fsp3) is 0.286. The zero-order valence-electron chi connectivity index (χ0n) is 11.1. The molecule has 0 aliphatic carbocycles. The Hall–Kier alpha value is -1.88. The van der Waals surface area contributed by atoms with E-state index in [1.807, 2.05) is 19.1 Å². The van der Waals surface area contributed by atoms with Crippen molar-refractivity contribution < 1.29 is 9.90 Å². The molecule has 19 heavy (non-hydrogen) atoms. The molecule has 100 valence electrons. The molecular weight excluding hydrogens is 260 g/mol. The molecule has 2 aromatic rings. The van der Waals surface area contributed by atoms with Gasteiger partial charge in [0, 0.05) is 5.69 Å². The Labute approximate surface area is 116 Å². The molecule has 2 rings (SSSR count). The maximum atomic E-state index is 10.9. The number of carboxylic acid groups (broad SMARTS) is 1. The largest absolute Gasteiger partial charge is 0.544 e. The van der Waals surface area contributed by atoms with Crippen LogP contribution in [0.1, 0.15) is 33.4 Å². The van der Waals surface area contributed by atoms with Gasteiger partial charge in [-0.05, 0) is 31.4 Å². The predicted molar refractivity (Wildman–Crippen MR) is 75.0 cm³/mol. The molecule has 1 aromatic carbocycles.